The molecule has 1 N–H and O–H groups in total. The standard InChI is InChI=1S/C18H15NO3S/c1-22-14-9-5-8-13(11-14)16-17(18(20)21)23-15(19-16)10-12-6-3-2-4-7-12/h2-9,11H,10H2,1H3,(H,20,21). The summed E-state index contributed by atoms with van der Waals surface area (Å²) in [5, 5.41) is 10.3. The quantitative estimate of drug-likeness (QED) is 0.767. The van der Waals surface area contributed by atoms with Gasteiger partial charge in [0.25, 0.3) is 0 Å². The third-order valence-electron chi connectivity index (χ3n) is 3.41. The van der Waals surface area contributed by atoms with Gasteiger partial charge in [0.15, 0.2) is 0 Å². The molecule has 1 heterocycles. The molecule has 5 heteroatoms. The Morgan fingerprint density at radius 2 is 1.96 bits per heavy atom. The van der Waals surface area contributed by atoms with Gasteiger partial charge in [-0.25, -0.2) is 9.78 Å². The number of carboxylic acids is 1. The number of nitrogens with zero attached hydrogens (tertiary/aromatic N) is 1. The number of carboxylic acid groups (broad SMARTS) is 1. The van der Waals surface area contributed by atoms with E-state index in [4.69, 9.17) is 4.74 Å². The molecule has 4 nitrogen and oxygen atoms in total. The van der Waals surface area contributed by atoms with Crippen molar-refractivity contribution in [2.45, 2.75) is 6.42 Å². The normalized spacial score (nSPS) is 10.5. The Labute approximate surface area is 138 Å². The Hall–Kier alpha value is -2.66. The molecule has 0 atom stereocenters. The van der Waals surface area contributed by atoms with Crippen LogP contribution in [-0.4, -0.2) is 23.2 Å². The first-order chi connectivity index (χ1) is 11.2. The molecule has 0 aliphatic rings. The van der Waals surface area contributed by atoms with Crippen molar-refractivity contribution in [1.82, 2.24) is 4.98 Å². The van der Waals surface area contributed by atoms with Gasteiger partial charge >= 0.3 is 5.97 Å². The van der Waals surface area contributed by atoms with E-state index in [9.17, 15) is 9.90 Å². The van der Waals surface area contributed by atoms with Crippen LogP contribution in [0.4, 0.5) is 0 Å². The number of ether oxygens (including phenoxy) is 1. The zero-order chi connectivity index (χ0) is 16.2. The predicted octanol–water partition coefficient (Wildman–Crippen LogP) is 4.11. The summed E-state index contributed by atoms with van der Waals surface area (Å²) in [5.74, 6) is -0.281. The molecule has 116 valence electrons. The Bertz CT molecular complexity index is 827. The Balaban J connectivity index is 2.00. The first-order valence-corrected chi connectivity index (χ1v) is 7.90. The summed E-state index contributed by atoms with van der Waals surface area (Å²) >= 11 is 1.22. The molecule has 0 fully saturated rings. The highest BCUT2D eigenvalue weighted by molar-refractivity contribution is 7.14. The van der Waals surface area contributed by atoms with E-state index in [0.29, 0.717) is 17.9 Å². The summed E-state index contributed by atoms with van der Waals surface area (Å²) in [6.07, 6.45) is 0.621. The average molecular weight is 325 g/mol. The maximum atomic E-state index is 11.6. The average Bonchev–Trinajstić information content (AvgIpc) is 3.00. The lowest BCUT2D eigenvalue weighted by Gasteiger charge is -2.03. The summed E-state index contributed by atoms with van der Waals surface area (Å²) in [5.41, 5.74) is 2.35. The zero-order valence-corrected chi connectivity index (χ0v) is 13.3. The van der Waals surface area contributed by atoms with Gasteiger partial charge in [-0.1, -0.05) is 42.5 Å². The molecule has 0 aliphatic carbocycles. The van der Waals surface area contributed by atoms with E-state index in [0.717, 1.165) is 16.1 Å². The molecule has 0 amide bonds. The second-order valence-corrected chi connectivity index (χ2v) is 6.07. The van der Waals surface area contributed by atoms with Crippen LogP contribution >= 0.6 is 11.3 Å². The number of thiazole rings is 1. The molecule has 1 aromatic heterocycles. The molecule has 0 saturated heterocycles. The van der Waals surface area contributed by atoms with Gasteiger partial charge in [0, 0.05) is 12.0 Å². The first-order valence-electron chi connectivity index (χ1n) is 7.08. The smallest absolute Gasteiger partial charge is 0.348 e. The molecular formula is C18H15NO3S. The van der Waals surface area contributed by atoms with Gasteiger partial charge in [-0.2, -0.15) is 0 Å². The molecule has 3 rings (SSSR count). The van der Waals surface area contributed by atoms with E-state index in [1.165, 1.54) is 11.3 Å². The van der Waals surface area contributed by atoms with Crippen molar-refractivity contribution in [2.24, 2.45) is 0 Å². The van der Waals surface area contributed by atoms with E-state index in [-0.39, 0.29) is 4.88 Å². The largest absolute Gasteiger partial charge is 0.497 e. The lowest BCUT2D eigenvalue weighted by atomic mass is 10.1. The van der Waals surface area contributed by atoms with E-state index >= 15 is 0 Å². The third-order valence-corrected chi connectivity index (χ3v) is 4.45. The molecular weight excluding hydrogens is 310 g/mol. The van der Waals surface area contributed by atoms with E-state index < -0.39 is 5.97 Å². The first kappa shape index (κ1) is 15.2. The molecule has 2 aromatic carbocycles. The van der Waals surface area contributed by atoms with Gasteiger partial charge < -0.3 is 9.84 Å². The van der Waals surface area contributed by atoms with E-state index in [1.54, 1.807) is 13.2 Å². The van der Waals surface area contributed by atoms with Crippen LogP contribution in [0.5, 0.6) is 5.75 Å². The fraction of sp³-hybridized carbons (Fsp3) is 0.111. The lowest BCUT2D eigenvalue weighted by Crippen LogP contribution is -1.95. The maximum absolute atomic E-state index is 11.6. The summed E-state index contributed by atoms with van der Waals surface area (Å²) in [6, 6.07) is 17.2. The second-order valence-electron chi connectivity index (χ2n) is 4.98. The summed E-state index contributed by atoms with van der Waals surface area (Å²) in [4.78, 5) is 16.4. The summed E-state index contributed by atoms with van der Waals surface area (Å²) in [6.45, 7) is 0. The number of benzene rings is 2. The third kappa shape index (κ3) is 3.40. The van der Waals surface area contributed by atoms with Crippen LogP contribution in [0.25, 0.3) is 11.3 Å². The van der Waals surface area contributed by atoms with Crippen molar-refractivity contribution in [1.29, 1.82) is 0 Å². The van der Waals surface area contributed by atoms with Crippen LogP contribution in [0.15, 0.2) is 54.6 Å². The molecule has 0 aliphatic heterocycles. The van der Waals surface area contributed by atoms with Crippen molar-refractivity contribution in [3.05, 3.63) is 70.0 Å². The summed E-state index contributed by atoms with van der Waals surface area (Å²) < 4.78 is 5.21. The van der Waals surface area contributed by atoms with Gasteiger partial charge in [-0.05, 0) is 17.7 Å². The van der Waals surface area contributed by atoms with Crippen LogP contribution in [-0.2, 0) is 6.42 Å². The Kier molecular flexibility index (Phi) is 4.39. The SMILES string of the molecule is COc1cccc(-c2nc(Cc3ccccc3)sc2C(=O)O)c1. The van der Waals surface area contributed by atoms with Crippen LogP contribution in [0.2, 0.25) is 0 Å². The number of aromatic carboxylic acids is 1. The highest BCUT2D eigenvalue weighted by Gasteiger charge is 2.19. The predicted molar refractivity (Wildman–Crippen MR) is 90.3 cm³/mol. The monoisotopic (exact) mass is 325 g/mol. The molecule has 23 heavy (non-hydrogen) atoms. The van der Waals surface area contributed by atoms with Crippen molar-refractivity contribution < 1.29 is 14.6 Å². The molecule has 0 spiro atoms. The number of hydrogen-bond donors (Lipinski definition) is 1. The molecule has 0 saturated carbocycles. The Morgan fingerprint density at radius 1 is 1.17 bits per heavy atom. The second kappa shape index (κ2) is 6.62. The van der Waals surface area contributed by atoms with Crippen molar-refractivity contribution in [3.8, 4) is 17.0 Å². The van der Waals surface area contributed by atoms with Gasteiger partial charge in [0.2, 0.25) is 0 Å². The van der Waals surface area contributed by atoms with E-state index in [2.05, 4.69) is 4.98 Å². The van der Waals surface area contributed by atoms with Crippen LogP contribution in [0.1, 0.15) is 20.2 Å². The highest BCUT2D eigenvalue weighted by atomic mass is 32.1. The van der Waals surface area contributed by atoms with Crippen LogP contribution < -0.4 is 4.74 Å². The fourth-order valence-corrected chi connectivity index (χ4v) is 3.28. The fourth-order valence-electron chi connectivity index (χ4n) is 2.32. The molecule has 3 aromatic rings. The maximum Gasteiger partial charge on any atom is 0.348 e. The van der Waals surface area contributed by atoms with Crippen molar-refractivity contribution in [3.63, 3.8) is 0 Å². The number of aromatic nitrogens is 1. The molecule has 0 unspecified atom stereocenters. The van der Waals surface area contributed by atoms with Gasteiger partial charge in [0.05, 0.1) is 17.8 Å². The topological polar surface area (TPSA) is 59.4 Å². The number of carbonyl (C=O) groups is 1. The van der Waals surface area contributed by atoms with Crippen LogP contribution in [0, 0.1) is 0 Å². The minimum Gasteiger partial charge on any atom is -0.497 e. The number of hydrogen-bond acceptors (Lipinski definition) is 4. The molecule has 0 radical (unpaired) electrons. The van der Waals surface area contributed by atoms with Gasteiger partial charge in [0.1, 0.15) is 10.6 Å². The van der Waals surface area contributed by atoms with E-state index in [1.807, 2.05) is 48.5 Å². The van der Waals surface area contributed by atoms with Crippen molar-refractivity contribution in [2.75, 3.05) is 7.11 Å². The minimum atomic E-state index is -0.959. The van der Waals surface area contributed by atoms with Crippen LogP contribution in [0.3, 0.4) is 0 Å². The summed E-state index contributed by atoms with van der Waals surface area (Å²) in [7, 11) is 1.58. The number of rotatable bonds is 5. The zero-order valence-electron chi connectivity index (χ0n) is 12.5. The van der Waals surface area contributed by atoms with Gasteiger partial charge in [-0.15, -0.1) is 11.3 Å². The van der Waals surface area contributed by atoms with Crippen molar-refractivity contribution >= 4 is 17.3 Å². The highest BCUT2D eigenvalue weighted by Crippen LogP contribution is 2.31. The minimum absolute atomic E-state index is 0.254. The Morgan fingerprint density at radius 3 is 2.65 bits per heavy atom. The lowest BCUT2D eigenvalue weighted by molar-refractivity contribution is 0.0702. The molecule has 0 bridgehead atoms. The van der Waals surface area contributed by atoms with Gasteiger partial charge in [-0.3, -0.25) is 0 Å². The number of methoxy groups -OCH3 is 1.